The van der Waals surface area contributed by atoms with Gasteiger partial charge in [-0.1, -0.05) is 25.3 Å². The van der Waals surface area contributed by atoms with Crippen molar-refractivity contribution in [1.82, 2.24) is 10.3 Å². The molecule has 1 N–H and O–H groups in total. The van der Waals surface area contributed by atoms with Crippen LogP contribution in [0.4, 0.5) is 0 Å². The largest absolute Gasteiger partial charge is 0.486 e. The summed E-state index contributed by atoms with van der Waals surface area (Å²) < 4.78 is 5.84. The van der Waals surface area contributed by atoms with E-state index in [0.29, 0.717) is 17.5 Å². The predicted octanol–water partition coefficient (Wildman–Crippen LogP) is 4.71. The Bertz CT molecular complexity index is 748. The van der Waals surface area contributed by atoms with Gasteiger partial charge in [0.2, 0.25) is 0 Å². The van der Waals surface area contributed by atoms with Crippen LogP contribution in [0.5, 0.6) is 5.75 Å². The summed E-state index contributed by atoms with van der Waals surface area (Å²) in [5.41, 5.74) is 3.25. The number of aromatic nitrogens is 1. The maximum absolute atomic E-state index is 12.5. The molecule has 1 fully saturated rings. The Morgan fingerprint density at radius 1 is 1.20 bits per heavy atom. The lowest BCUT2D eigenvalue weighted by molar-refractivity contribution is 0.0931. The van der Waals surface area contributed by atoms with Gasteiger partial charge in [-0.3, -0.25) is 4.79 Å². The van der Waals surface area contributed by atoms with Crippen molar-refractivity contribution in [3.8, 4) is 5.75 Å². The van der Waals surface area contributed by atoms with Gasteiger partial charge in [0.15, 0.2) is 0 Å². The first kappa shape index (κ1) is 17.9. The van der Waals surface area contributed by atoms with E-state index in [-0.39, 0.29) is 5.91 Å². The second-order valence-electron chi connectivity index (χ2n) is 6.87. The third-order valence-corrected chi connectivity index (χ3v) is 5.96. The predicted molar refractivity (Wildman–Crippen MR) is 101 cm³/mol. The summed E-state index contributed by atoms with van der Waals surface area (Å²) in [6, 6.07) is 6.38. The molecule has 0 spiro atoms. The number of benzene rings is 1. The van der Waals surface area contributed by atoms with Gasteiger partial charge >= 0.3 is 0 Å². The van der Waals surface area contributed by atoms with Gasteiger partial charge in [0.25, 0.3) is 5.91 Å². The fraction of sp³-hybridized carbons (Fsp3) is 0.500. The second kappa shape index (κ2) is 8.00. The summed E-state index contributed by atoms with van der Waals surface area (Å²) in [6.07, 6.45) is 5.88. The van der Waals surface area contributed by atoms with Gasteiger partial charge in [-0.15, -0.1) is 11.3 Å². The molecule has 1 aromatic carbocycles. The average molecular weight is 359 g/mol. The minimum absolute atomic E-state index is 0.0133. The third kappa shape index (κ3) is 4.60. The van der Waals surface area contributed by atoms with Crippen LogP contribution in [0.1, 0.15) is 63.6 Å². The normalized spacial score (nSPS) is 15.2. The molecule has 4 nitrogen and oxygen atoms in total. The SMILES string of the molecule is Cc1ccc(OCc2nc(C)c(C(=O)NC3CCCCC3)s2)cc1C. The van der Waals surface area contributed by atoms with E-state index in [2.05, 4.69) is 30.2 Å². The highest BCUT2D eigenvalue weighted by Gasteiger charge is 2.20. The molecule has 1 aliphatic carbocycles. The third-order valence-electron chi connectivity index (χ3n) is 4.83. The van der Waals surface area contributed by atoms with Crippen LogP contribution in [0.25, 0.3) is 0 Å². The Morgan fingerprint density at radius 3 is 2.68 bits per heavy atom. The van der Waals surface area contributed by atoms with Crippen LogP contribution < -0.4 is 10.1 Å². The summed E-state index contributed by atoms with van der Waals surface area (Å²) >= 11 is 1.43. The molecule has 0 radical (unpaired) electrons. The van der Waals surface area contributed by atoms with E-state index < -0.39 is 0 Å². The fourth-order valence-corrected chi connectivity index (χ4v) is 4.05. The van der Waals surface area contributed by atoms with E-state index in [0.717, 1.165) is 29.3 Å². The number of nitrogens with one attached hydrogen (secondary N) is 1. The first-order valence-corrected chi connectivity index (χ1v) is 9.82. The van der Waals surface area contributed by atoms with Gasteiger partial charge in [-0.25, -0.2) is 4.98 Å². The molecule has 1 heterocycles. The topological polar surface area (TPSA) is 51.2 Å². The summed E-state index contributed by atoms with van der Waals surface area (Å²) in [6.45, 7) is 6.44. The summed E-state index contributed by atoms with van der Waals surface area (Å²) in [4.78, 5) is 17.7. The second-order valence-corrected chi connectivity index (χ2v) is 7.95. The van der Waals surface area contributed by atoms with Crippen LogP contribution in [-0.4, -0.2) is 16.9 Å². The van der Waals surface area contributed by atoms with Crippen molar-refractivity contribution >= 4 is 17.2 Å². The molecule has 3 rings (SSSR count). The molecule has 0 atom stereocenters. The first-order valence-electron chi connectivity index (χ1n) is 9.00. The fourth-order valence-electron chi connectivity index (χ4n) is 3.17. The Kier molecular flexibility index (Phi) is 5.74. The van der Waals surface area contributed by atoms with Crippen LogP contribution in [-0.2, 0) is 6.61 Å². The molecular weight excluding hydrogens is 332 g/mol. The van der Waals surface area contributed by atoms with E-state index >= 15 is 0 Å². The molecule has 5 heteroatoms. The van der Waals surface area contributed by atoms with Crippen LogP contribution in [0, 0.1) is 20.8 Å². The molecule has 25 heavy (non-hydrogen) atoms. The van der Waals surface area contributed by atoms with Crippen LogP contribution in [0.15, 0.2) is 18.2 Å². The Morgan fingerprint density at radius 2 is 1.96 bits per heavy atom. The first-order chi connectivity index (χ1) is 12.0. The number of hydrogen-bond acceptors (Lipinski definition) is 4. The molecule has 1 aromatic heterocycles. The molecule has 1 aliphatic rings. The van der Waals surface area contributed by atoms with Gasteiger partial charge < -0.3 is 10.1 Å². The van der Waals surface area contributed by atoms with Crippen molar-refractivity contribution in [2.24, 2.45) is 0 Å². The molecule has 0 aliphatic heterocycles. The summed E-state index contributed by atoms with van der Waals surface area (Å²) in [5, 5.41) is 4.00. The number of thiazole rings is 1. The highest BCUT2D eigenvalue weighted by molar-refractivity contribution is 7.13. The molecular formula is C20H26N2O2S. The van der Waals surface area contributed by atoms with E-state index in [1.54, 1.807) is 0 Å². The molecule has 134 valence electrons. The summed E-state index contributed by atoms with van der Waals surface area (Å²) in [7, 11) is 0. The molecule has 0 bridgehead atoms. The van der Waals surface area contributed by atoms with Crippen molar-refractivity contribution in [3.05, 3.63) is 44.9 Å². The highest BCUT2D eigenvalue weighted by Crippen LogP contribution is 2.23. The van der Waals surface area contributed by atoms with Gasteiger partial charge in [0.05, 0.1) is 5.69 Å². The average Bonchev–Trinajstić information content (AvgIpc) is 2.98. The number of ether oxygens (including phenoxy) is 1. The quantitative estimate of drug-likeness (QED) is 0.842. The monoisotopic (exact) mass is 358 g/mol. The van der Waals surface area contributed by atoms with Crippen LogP contribution in [0.2, 0.25) is 0 Å². The van der Waals surface area contributed by atoms with E-state index in [4.69, 9.17) is 4.74 Å². The maximum atomic E-state index is 12.5. The molecule has 1 amide bonds. The minimum Gasteiger partial charge on any atom is -0.486 e. The van der Waals surface area contributed by atoms with Crippen molar-refractivity contribution in [1.29, 1.82) is 0 Å². The Balaban J connectivity index is 1.61. The molecule has 0 saturated heterocycles. The van der Waals surface area contributed by atoms with E-state index in [9.17, 15) is 4.79 Å². The lowest BCUT2D eigenvalue weighted by Crippen LogP contribution is -2.36. The Hall–Kier alpha value is -1.88. The van der Waals surface area contributed by atoms with Gasteiger partial charge in [-0.2, -0.15) is 0 Å². The smallest absolute Gasteiger partial charge is 0.263 e. The van der Waals surface area contributed by atoms with Gasteiger partial charge in [0, 0.05) is 6.04 Å². The Labute approximate surface area is 153 Å². The van der Waals surface area contributed by atoms with Crippen LogP contribution in [0.3, 0.4) is 0 Å². The van der Waals surface area contributed by atoms with E-state index in [1.807, 2.05) is 19.1 Å². The number of carbonyl (C=O) groups excluding carboxylic acids is 1. The maximum Gasteiger partial charge on any atom is 0.263 e. The number of amides is 1. The minimum atomic E-state index is 0.0133. The van der Waals surface area contributed by atoms with Gasteiger partial charge in [0.1, 0.15) is 22.2 Å². The number of carbonyl (C=O) groups is 1. The number of hydrogen-bond donors (Lipinski definition) is 1. The zero-order valence-corrected chi connectivity index (χ0v) is 16.0. The molecule has 0 unspecified atom stereocenters. The van der Waals surface area contributed by atoms with E-state index in [1.165, 1.54) is 41.7 Å². The number of rotatable bonds is 5. The number of nitrogens with zero attached hydrogens (tertiary/aromatic N) is 1. The zero-order valence-electron chi connectivity index (χ0n) is 15.2. The zero-order chi connectivity index (χ0) is 17.8. The van der Waals surface area contributed by atoms with Crippen molar-refractivity contribution in [2.45, 2.75) is 65.5 Å². The number of aryl methyl sites for hydroxylation is 3. The van der Waals surface area contributed by atoms with Crippen molar-refractivity contribution in [2.75, 3.05) is 0 Å². The van der Waals surface area contributed by atoms with Crippen LogP contribution >= 0.6 is 11.3 Å². The van der Waals surface area contributed by atoms with Gasteiger partial charge in [-0.05, 0) is 56.9 Å². The van der Waals surface area contributed by atoms with Crippen molar-refractivity contribution in [3.63, 3.8) is 0 Å². The van der Waals surface area contributed by atoms with Crippen molar-refractivity contribution < 1.29 is 9.53 Å². The molecule has 2 aromatic rings. The molecule has 1 saturated carbocycles. The lowest BCUT2D eigenvalue weighted by Gasteiger charge is -2.22. The lowest BCUT2D eigenvalue weighted by atomic mass is 9.95. The standard InChI is InChI=1S/C20H26N2O2S/c1-13-9-10-17(11-14(13)2)24-12-18-21-15(3)19(25-18)20(23)22-16-7-5-4-6-8-16/h9-11,16H,4-8,12H2,1-3H3,(H,22,23). The summed E-state index contributed by atoms with van der Waals surface area (Å²) in [5.74, 6) is 0.850. The highest BCUT2D eigenvalue weighted by atomic mass is 32.1.